The molecule has 3 atom stereocenters. The highest BCUT2D eigenvalue weighted by Crippen LogP contribution is 2.65. The fourth-order valence-corrected chi connectivity index (χ4v) is 4.93. The summed E-state index contributed by atoms with van der Waals surface area (Å²) in [5.41, 5.74) is 3.06. The highest BCUT2D eigenvalue weighted by molar-refractivity contribution is 6.33. The average molecular weight is 307 g/mol. The zero-order valence-corrected chi connectivity index (χ0v) is 14.6. The number of fused-ring (bicyclic) bond motifs is 2. The first-order chi connectivity index (χ1) is 9.75. The Morgan fingerprint density at radius 2 is 1.95 bits per heavy atom. The van der Waals surface area contributed by atoms with Gasteiger partial charge < -0.3 is 10.2 Å². The van der Waals surface area contributed by atoms with Crippen molar-refractivity contribution in [3.8, 4) is 0 Å². The third kappa shape index (κ3) is 2.14. The topological polar surface area (TPSA) is 15.3 Å². The largest absolute Gasteiger partial charge is 0.382 e. The van der Waals surface area contributed by atoms with E-state index >= 15 is 0 Å². The maximum Gasteiger partial charge on any atom is 0.0659 e. The standard InChI is InChI=1S/C18H27ClN2/c1-17(2)12-8-9-18(17,3)16(10-12)20-13-6-7-15(21(4)5)14(19)11-13/h6-7,11-12,16,20H,8-10H2,1-5H3. The molecule has 2 aliphatic rings. The van der Waals surface area contributed by atoms with E-state index < -0.39 is 0 Å². The van der Waals surface area contributed by atoms with Crippen molar-refractivity contribution in [2.45, 2.75) is 46.1 Å². The van der Waals surface area contributed by atoms with Crippen LogP contribution in [0.2, 0.25) is 5.02 Å². The molecule has 3 rings (SSSR count). The minimum absolute atomic E-state index is 0.393. The second-order valence-electron chi connectivity index (χ2n) is 7.87. The number of nitrogens with zero attached hydrogens (tertiary/aromatic N) is 1. The van der Waals surface area contributed by atoms with E-state index in [4.69, 9.17) is 11.6 Å². The van der Waals surface area contributed by atoms with Crippen LogP contribution in [0.25, 0.3) is 0 Å². The van der Waals surface area contributed by atoms with Gasteiger partial charge >= 0.3 is 0 Å². The maximum atomic E-state index is 6.40. The number of hydrogen-bond acceptors (Lipinski definition) is 2. The summed E-state index contributed by atoms with van der Waals surface area (Å²) in [6.07, 6.45) is 4.02. The van der Waals surface area contributed by atoms with Crippen LogP contribution in [-0.2, 0) is 0 Å². The molecular weight excluding hydrogens is 280 g/mol. The highest BCUT2D eigenvalue weighted by atomic mass is 35.5. The zero-order valence-electron chi connectivity index (χ0n) is 13.8. The Bertz CT molecular complexity index is 552. The summed E-state index contributed by atoms with van der Waals surface area (Å²) in [6.45, 7) is 7.37. The first-order valence-corrected chi connectivity index (χ1v) is 8.37. The van der Waals surface area contributed by atoms with Gasteiger partial charge in [0.15, 0.2) is 0 Å². The van der Waals surface area contributed by atoms with Crippen molar-refractivity contribution in [2.75, 3.05) is 24.3 Å². The minimum atomic E-state index is 0.393. The van der Waals surface area contributed by atoms with Gasteiger partial charge in [-0.1, -0.05) is 32.4 Å². The maximum absolute atomic E-state index is 6.40. The van der Waals surface area contributed by atoms with E-state index in [9.17, 15) is 0 Å². The molecule has 1 aromatic rings. The quantitative estimate of drug-likeness (QED) is 0.842. The summed E-state index contributed by atoms with van der Waals surface area (Å²) >= 11 is 6.40. The number of anilines is 2. The Morgan fingerprint density at radius 1 is 1.24 bits per heavy atom. The summed E-state index contributed by atoms with van der Waals surface area (Å²) in [6, 6.07) is 6.89. The van der Waals surface area contributed by atoms with Crippen LogP contribution < -0.4 is 10.2 Å². The normalized spacial score (nSPS) is 33.2. The molecule has 3 unspecified atom stereocenters. The fraction of sp³-hybridized carbons (Fsp3) is 0.667. The predicted molar refractivity (Wildman–Crippen MR) is 92.4 cm³/mol. The molecule has 0 amide bonds. The Hall–Kier alpha value is -0.890. The molecule has 2 bridgehead atoms. The van der Waals surface area contributed by atoms with Crippen molar-refractivity contribution in [1.82, 2.24) is 0 Å². The van der Waals surface area contributed by atoms with Crippen molar-refractivity contribution >= 4 is 23.0 Å². The number of benzene rings is 1. The first kappa shape index (κ1) is 15.0. The Kier molecular flexibility index (Phi) is 3.44. The van der Waals surface area contributed by atoms with Gasteiger partial charge in [0.1, 0.15) is 0 Å². The fourth-order valence-electron chi connectivity index (χ4n) is 4.58. The lowest BCUT2D eigenvalue weighted by Crippen LogP contribution is -2.40. The van der Waals surface area contributed by atoms with Gasteiger partial charge in [-0.15, -0.1) is 0 Å². The lowest BCUT2D eigenvalue weighted by molar-refractivity contribution is 0.142. The van der Waals surface area contributed by atoms with Gasteiger partial charge in [-0.25, -0.2) is 0 Å². The Morgan fingerprint density at radius 3 is 2.43 bits per heavy atom. The van der Waals surface area contributed by atoms with Gasteiger partial charge in [-0.3, -0.25) is 0 Å². The van der Waals surface area contributed by atoms with Gasteiger partial charge in [0.25, 0.3) is 0 Å². The van der Waals surface area contributed by atoms with E-state index in [1.165, 1.54) is 19.3 Å². The second-order valence-corrected chi connectivity index (χ2v) is 8.28. The number of nitrogens with one attached hydrogen (secondary N) is 1. The smallest absolute Gasteiger partial charge is 0.0659 e. The van der Waals surface area contributed by atoms with Crippen molar-refractivity contribution < 1.29 is 0 Å². The van der Waals surface area contributed by atoms with Crippen molar-refractivity contribution in [3.05, 3.63) is 23.2 Å². The van der Waals surface area contributed by atoms with Crippen molar-refractivity contribution in [1.29, 1.82) is 0 Å². The minimum Gasteiger partial charge on any atom is -0.382 e. The van der Waals surface area contributed by atoms with Crippen LogP contribution >= 0.6 is 11.6 Å². The third-order valence-electron chi connectivity index (χ3n) is 6.56. The molecule has 116 valence electrons. The van der Waals surface area contributed by atoms with E-state index in [0.29, 0.717) is 16.9 Å². The number of rotatable bonds is 3. The molecule has 3 heteroatoms. The summed E-state index contributed by atoms with van der Waals surface area (Å²) in [7, 11) is 4.04. The van der Waals surface area contributed by atoms with E-state index in [2.05, 4.69) is 44.3 Å². The van der Waals surface area contributed by atoms with Crippen LogP contribution in [0.5, 0.6) is 0 Å². The molecule has 0 saturated heterocycles. The van der Waals surface area contributed by atoms with Crippen LogP contribution in [0.1, 0.15) is 40.0 Å². The monoisotopic (exact) mass is 306 g/mol. The number of hydrogen-bond donors (Lipinski definition) is 1. The molecule has 0 radical (unpaired) electrons. The van der Waals surface area contributed by atoms with Crippen LogP contribution in [0, 0.1) is 16.7 Å². The molecule has 1 N–H and O–H groups in total. The molecule has 0 aromatic heterocycles. The van der Waals surface area contributed by atoms with Gasteiger partial charge in [0.05, 0.1) is 10.7 Å². The summed E-state index contributed by atoms with van der Waals surface area (Å²) in [5.74, 6) is 0.858. The van der Waals surface area contributed by atoms with Gasteiger partial charge in [-0.05, 0) is 54.2 Å². The average Bonchev–Trinajstić information content (AvgIpc) is 2.71. The predicted octanol–water partition coefficient (Wildman–Crippen LogP) is 5.03. The van der Waals surface area contributed by atoms with E-state index in [-0.39, 0.29) is 0 Å². The zero-order chi connectivity index (χ0) is 15.4. The molecule has 2 aliphatic carbocycles. The molecule has 2 saturated carbocycles. The lowest BCUT2D eigenvalue weighted by atomic mass is 9.69. The molecule has 2 fully saturated rings. The summed E-state index contributed by atoms with van der Waals surface area (Å²) in [5, 5.41) is 4.59. The molecule has 0 aliphatic heterocycles. The lowest BCUT2D eigenvalue weighted by Gasteiger charge is -2.40. The van der Waals surface area contributed by atoms with Gasteiger partial charge in [0, 0.05) is 25.8 Å². The van der Waals surface area contributed by atoms with Crippen LogP contribution in [-0.4, -0.2) is 20.1 Å². The van der Waals surface area contributed by atoms with E-state index in [0.717, 1.165) is 22.3 Å². The Labute approximate surface area is 133 Å². The van der Waals surface area contributed by atoms with Crippen LogP contribution in [0.15, 0.2) is 18.2 Å². The highest BCUT2D eigenvalue weighted by Gasteiger charge is 2.61. The van der Waals surface area contributed by atoms with Gasteiger partial charge in [0.2, 0.25) is 0 Å². The molecule has 0 heterocycles. The summed E-state index contributed by atoms with van der Waals surface area (Å²) < 4.78 is 0. The van der Waals surface area contributed by atoms with Crippen molar-refractivity contribution in [2.24, 2.45) is 16.7 Å². The molecule has 0 spiro atoms. The molecular formula is C18H27ClN2. The second kappa shape index (κ2) is 4.81. The number of halogens is 1. The third-order valence-corrected chi connectivity index (χ3v) is 6.87. The van der Waals surface area contributed by atoms with Crippen molar-refractivity contribution in [3.63, 3.8) is 0 Å². The molecule has 21 heavy (non-hydrogen) atoms. The van der Waals surface area contributed by atoms with E-state index in [1.807, 2.05) is 19.0 Å². The van der Waals surface area contributed by atoms with Crippen LogP contribution in [0.4, 0.5) is 11.4 Å². The SMILES string of the molecule is CN(C)c1ccc(NC2CC3CCC2(C)C3(C)C)cc1Cl. The van der Waals surface area contributed by atoms with E-state index in [1.54, 1.807) is 0 Å². The van der Waals surface area contributed by atoms with Crippen LogP contribution in [0.3, 0.4) is 0 Å². The first-order valence-electron chi connectivity index (χ1n) is 7.99. The molecule has 2 nitrogen and oxygen atoms in total. The molecule has 1 aromatic carbocycles. The van der Waals surface area contributed by atoms with Gasteiger partial charge in [-0.2, -0.15) is 0 Å². The summed E-state index contributed by atoms with van der Waals surface area (Å²) in [4.78, 5) is 2.05. The Balaban J connectivity index is 1.81.